The number of anilines is 1. The van der Waals surface area contributed by atoms with Gasteiger partial charge in [0.05, 0.1) is 18.1 Å². The number of likely N-dealkylation sites (tertiary alicyclic amines) is 1. The van der Waals surface area contributed by atoms with Crippen molar-refractivity contribution in [3.05, 3.63) is 28.3 Å². The minimum atomic E-state index is -0.598. The summed E-state index contributed by atoms with van der Waals surface area (Å²) in [6, 6.07) is 4.17. The smallest absolute Gasteiger partial charge is 0.296 e. The van der Waals surface area contributed by atoms with E-state index in [0.29, 0.717) is 10.9 Å². The molecule has 0 bridgehead atoms. The molecule has 2 aliphatic rings. The highest BCUT2D eigenvalue weighted by Gasteiger charge is 2.33. The van der Waals surface area contributed by atoms with Crippen molar-refractivity contribution in [3.63, 3.8) is 0 Å². The summed E-state index contributed by atoms with van der Waals surface area (Å²) in [6.45, 7) is 1.74. The quantitative estimate of drug-likeness (QED) is 0.604. The lowest BCUT2D eigenvalue weighted by atomic mass is 10.1. The van der Waals surface area contributed by atoms with E-state index in [4.69, 9.17) is 4.74 Å². The minimum absolute atomic E-state index is 0.0680. The number of carbonyl (C=O) groups is 2. The van der Waals surface area contributed by atoms with Gasteiger partial charge in [0.25, 0.3) is 11.6 Å². The molecule has 27 heavy (non-hydrogen) atoms. The zero-order chi connectivity index (χ0) is 19.4. The molecule has 0 radical (unpaired) electrons. The van der Waals surface area contributed by atoms with E-state index in [1.165, 1.54) is 43.5 Å². The van der Waals surface area contributed by atoms with Gasteiger partial charge in [-0.3, -0.25) is 19.7 Å². The van der Waals surface area contributed by atoms with E-state index in [2.05, 4.69) is 15.2 Å². The van der Waals surface area contributed by atoms with Crippen LogP contribution in [0.3, 0.4) is 0 Å². The van der Waals surface area contributed by atoms with E-state index in [9.17, 15) is 19.7 Å². The Labute approximate surface area is 160 Å². The highest BCUT2D eigenvalue weighted by molar-refractivity contribution is 8.15. The third-order valence-corrected chi connectivity index (χ3v) is 5.62. The number of benzene rings is 1. The number of nitro groups is 1. The number of aliphatic imine (C=N–C) groups is 1. The SMILES string of the molecule is COc1ccc(NC(=O)C[C@@H]2SC(N3CCCCC3)=NC2=O)c([N+](=O)[O-])c1. The Morgan fingerprint density at radius 1 is 1.41 bits per heavy atom. The molecule has 2 amide bonds. The van der Waals surface area contributed by atoms with Gasteiger partial charge in [-0.15, -0.1) is 0 Å². The molecule has 1 aromatic rings. The highest BCUT2D eigenvalue weighted by atomic mass is 32.2. The van der Waals surface area contributed by atoms with Gasteiger partial charge in [0.1, 0.15) is 16.7 Å². The predicted molar refractivity (Wildman–Crippen MR) is 102 cm³/mol. The summed E-state index contributed by atoms with van der Waals surface area (Å²) in [6.07, 6.45) is 3.22. The fraction of sp³-hybridized carbons (Fsp3) is 0.471. The molecule has 0 unspecified atom stereocenters. The first kappa shape index (κ1) is 19.2. The first-order chi connectivity index (χ1) is 13.0. The van der Waals surface area contributed by atoms with Gasteiger partial charge < -0.3 is 15.0 Å². The number of nitrogens with one attached hydrogen (secondary N) is 1. The lowest BCUT2D eigenvalue weighted by Gasteiger charge is -2.27. The standard InChI is InChI=1S/C17H20N4O5S/c1-26-11-5-6-12(13(9-11)21(24)25)18-15(22)10-14-16(23)19-17(27-14)20-7-3-2-4-8-20/h5-6,9,14H,2-4,7-8,10H2,1H3,(H,18,22)/t14-/m0/s1. The summed E-state index contributed by atoms with van der Waals surface area (Å²) in [7, 11) is 1.40. The van der Waals surface area contributed by atoms with Gasteiger partial charge in [-0.05, 0) is 31.4 Å². The molecule has 0 saturated carbocycles. The van der Waals surface area contributed by atoms with Crippen molar-refractivity contribution in [2.75, 3.05) is 25.5 Å². The number of nitrogens with zero attached hydrogens (tertiary/aromatic N) is 3. The topological polar surface area (TPSA) is 114 Å². The summed E-state index contributed by atoms with van der Waals surface area (Å²) in [4.78, 5) is 41.2. The number of hydrogen-bond acceptors (Lipinski definition) is 7. The molecule has 2 aliphatic heterocycles. The highest BCUT2D eigenvalue weighted by Crippen LogP contribution is 2.31. The maximum Gasteiger partial charge on any atom is 0.296 e. The second-order valence-corrected chi connectivity index (χ2v) is 7.45. The summed E-state index contributed by atoms with van der Waals surface area (Å²) in [5.74, 6) is -0.482. The van der Waals surface area contributed by atoms with E-state index >= 15 is 0 Å². The van der Waals surface area contributed by atoms with Crippen LogP contribution in [-0.4, -0.2) is 52.3 Å². The summed E-state index contributed by atoms with van der Waals surface area (Å²) >= 11 is 1.29. The van der Waals surface area contributed by atoms with Crippen LogP contribution >= 0.6 is 11.8 Å². The molecule has 3 rings (SSSR count). The van der Waals surface area contributed by atoms with E-state index in [1.54, 1.807) is 0 Å². The summed E-state index contributed by atoms with van der Waals surface area (Å²) in [5.41, 5.74) is -0.197. The maximum atomic E-state index is 12.3. The molecular formula is C17H20N4O5S. The van der Waals surface area contributed by atoms with E-state index in [1.807, 2.05) is 0 Å². The third kappa shape index (κ3) is 4.57. The number of piperidine rings is 1. The number of nitro benzene ring substituents is 1. The molecule has 10 heteroatoms. The Bertz CT molecular complexity index is 792. The molecule has 144 valence electrons. The Balaban J connectivity index is 1.62. The van der Waals surface area contributed by atoms with Crippen LogP contribution in [0.15, 0.2) is 23.2 Å². The van der Waals surface area contributed by atoms with Crippen LogP contribution in [0.25, 0.3) is 0 Å². The number of amides is 2. The number of ether oxygens (including phenoxy) is 1. The van der Waals surface area contributed by atoms with Gasteiger partial charge in [0, 0.05) is 19.5 Å². The molecule has 1 N–H and O–H groups in total. The van der Waals surface area contributed by atoms with Crippen LogP contribution < -0.4 is 10.1 Å². The predicted octanol–water partition coefficient (Wildman–Crippen LogP) is 2.42. The van der Waals surface area contributed by atoms with Gasteiger partial charge in [-0.25, -0.2) is 0 Å². The van der Waals surface area contributed by atoms with Gasteiger partial charge >= 0.3 is 0 Å². The van der Waals surface area contributed by atoms with Crippen molar-refractivity contribution in [1.29, 1.82) is 0 Å². The first-order valence-electron chi connectivity index (χ1n) is 8.64. The van der Waals surface area contributed by atoms with Crippen molar-refractivity contribution in [2.45, 2.75) is 30.9 Å². The first-order valence-corrected chi connectivity index (χ1v) is 9.52. The van der Waals surface area contributed by atoms with Gasteiger partial charge in [-0.1, -0.05) is 11.8 Å². The normalized spacial score (nSPS) is 19.6. The number of carbonyl (C=O) groups excluding carboxylic acids is 2. The Kier molecular flexibility index (Phi) is 5.94. The van der Waals surface area contributed by atoms with Crippen LogP contribution in [-0.2, 0) is 9.59 Å². The monoisotopic (exact) mass is 392 g/mol. The van der Waals surface area contributed by atoms with E-state index < -0.39 is 16.1 Å². The van der Waals surface area contributed by atoms with Gasteiger partial charge in [-0.2, -0.15) is 4.99 Å². The Morgan fingerprint density at radius 3 is 2.81 bits per heavy atom. The van der Waals surface area contributed by atoms with Crippen LogP contribution in [0, 0.1) is 10.1 Å². The second-order valence-electron chi connectivity index (χ2n) is 6.28. The number of amidine groups is 1. The molecule has 0 aliphatic carbocycles. The van der Waals surface area contributed by atoms with Gasteiger partial charge in [0.15, 0.2) is 5.17 Å². The van der Waals surface area contributed by atoms with Crippen molar-refractivity contribution in [2.24, 2.45) is 4.99 Å². The Morgan fingerprint density at radius 2 is 2.15 bits per heavy atom. The second kappa shape index (κ2) is 8.38. The van der Waals surface area contributed by atoms with Crippen molar-refractivity contribution < 1.29 is 19.2 Å². The van der Waals surface area contributed by atoms with Crippen LogP contribution in [0.4, 0.5) is 11.4 Å². The fourth-order valence-corrected chi connectivity index (χ4v) is 4.11. The Hall–Kier alpha value is -2.62. The lowest BCUT2D eigenvalue weighted by molar-refractivity contribution is -0.384. The summed E-state index contributed by atoms with van der Waals surface area (Å²) < 4.78 is 4.97. The molecule has 9 nitrogen and oxygen atoms in total. The molecule has 0 spiro atoms. The van der Waals surface area contributed by atoms with Crippen molar-refractivity contribution >= 4 is 40.1 Å². The minimum Gasteiger partial charge on any atom is -0.496 e. The van der Waals surface area contributed by atoms with Crippen LogP contribution in [0.1, 0.15) is 25.7 Å². The molecule has 0 aromatic heterocycles. The van der Waals surface area contributed by atoms with E-state index in [-0.39, 0.29) is 23.7 Å². The fourth-order valence-electron chi connectivity index (χ4n) is 2.99. The molecular weight excluding hydrogens is 372 g/mol. The van der Waals surface area contributed by atoms with Crippen molar-refractivity contribution in [1.82, 2.24) is 4.90 Å². The maximum absolute atomic E-state index is 12.3. The lowest BCUT2D eigenvalue weighted by Crippen LogP contribution is -2.33. The average molecular weight is 392 g/mol. The average Bonchev–Trinajstić information content (AvgIpc) is 3.03. The molecule has 1 atom stereocenters. The molecule has 1 saturated heterocycles. The number of hydrogen-bond donors (Lipinski definition) is 1. The number of methoxy groups -OCH3 is 1. The van der Waals surface area contributed by atoms with Crippen molar-refractivity contribution in [3.8, 4) is 5.75 Å². The zero-order valence-corrected chi connectivity index (χ0v) is 15.7. The van der Waals surface area contributed by atoms with Gasteiger partial charge in [0.2, 0.25) is 5.91 Å². The molecule has 1 fully saturated rings. The van der Waals surface area contributed by atoms with Crippen LogP contribution in [0.2, 0.25) is 0 Å². The molecule has 1 aromatic carbocycles. The number of thioether (sulfide) groups is 1. The zero-order valence-electron chi connectivity index (χ0n) is 14.8. The number of rotatable bonds is 5. The largest absolute Gasteiger partial charge is 0.496 e. The molecule has 2 heterocycles. The third-order valence-electron chi connectivity index (χ3n) is 4.40. The summed E-state index contributed by atoms with van der Waals surface area (Å²) in [5, 5.41) is 13.8. The van der Waals surface area contributed by atoms with Crippen LogP contribution in [0.5, 0.6) is 5.75 Å². The van der Waals surface area contributed by atoms with E-state index in [0.717, 1.165) is 25.9 Å².